The Bertz CT molecular complexity index is 3610. The molecule has 12 rings (SSSR count). The van der Waals surface area contributed by atoms with E-state index in [2.05, 4.69) is 174 Å². The van der Waals surface area contributed by atoms with E-state index in [1.807, 2.05) is 48.5 Å². The van der Waals surface area contributed by atoms with E-state index < -0.39 is 0 Å². The van der Waals surface area contributed by atoms with Crippen molar-refractivity contribution in [1.82, 2.24) is 19.5 Å². The zero-order valence-corrected chi connectivity index (χ0v) is 33.5. The summed E-state index contributed by atoms with van der Waals surface area (Å²) in [6.45, 7) is 0. The zero-order valence-electron chi connectivity index (χ0n) is 33.5. The molecule has 9 aromatic carbocycles. The number of furan rings is 1. The van der Waals surface area contributed by atoms with E-state index in [1.54, 1.807) is 0 Å². The molecule has 0 atom stereocenters. The van der Waals surface area contributed by atoms with Crippen LogP contribution in [0.1, 0.15) is 0 Å². The molecule has 0 fully saturated rings. The van der Waals surface area contributed by atoms with Gasteiger partial charge in [-0.2, -0.15) is 0 Å². The molecule has 0 spiro atoms. The molecule has 62 heavy (non-hydrogen) atoms. The van der Waals surface area contributed by atoms with Crippen molar-refractivity contribution in [1.29, 1.82) is 0 Å². The third-order valence-electron chi connectivity index (χ3n) is 11.8. The van der Waals surface area contributed by atoms with Crippen LogP contribution in [0.15, 0.2) is 223 Å². The van der Waals surface area contributed by atoms with Crippen LogP contribution in [0, 0.1) is 0 Å². The molecule has 0 unspecified atom stereocenters. The summed E-state index contributed by atoms with van der Waals surface area (Å²) in [7, 11) is 0. The summed E-state index contributed by atoms with van der Waals surface area (Å²) < 4.78 is 8.99. The van der Waals surface area contributed by atoms with E-state index in [9.17, 15) is 0 Å². The van der Waals surface area contributed by atoms with Crippen molar-refractivity contribution in [3.63, 3.8) is 0 Å². The largest absolute Gasteiger partial charge is 0.456 e. The van der Waals surface area contributed by atoms with Gasteiger partial charge < -0.3 is 8.98 Å². The standard InChI is InChI=1S/C57H36N4O/c1-4-14-37(15-5-1)39-26-28-40(29-27-39)43-21-13-23-46(33-43)61-51-25-11-10-24-47(51)48-36-54-50(35-52(48)61)49-34-45(30-31-53(49)62-54)57-59-55(41-18-8-3-9-19-41)58-56(60-57)44-22-12-20-42(32-44)38-16-6-2-7-17-38/h1-36H. The molecule has 0 aliphatic rings. The van der Waals surface area contributed by atoms with Crippen LogP contribution in [0.5, 0.6) is 0 Å². The van der Waals surface area contributed by atoms with Crippen LogP contribution < -0.4 is 0 Å². The lowest BCUT2D eigenvalue weighted by molar-refractivity contribution is 0.669. The van der Waals surface area contributed by atoms with Crippen molar-refractivity contribution in [3.8, 4) is 73.2 Å². The molecule has 0 aliphatic heterocycles. The van der Waals surface area contributed by atoms with E-state index in [1.165, 1.54) is 22.1 Å². The third-order valence-corrected chi connectivity index (χ3v) is 11.8. The van der Waals surface area contributed by atoms with E-state index >= 15 is 0 Å². The van der Waals surface area contributed by atoms with Gasteiger partial charge in [-0.25, -0.2) is 15.0 Å². The monoisotopic (exact) mass is 792 g/mol. The quantitative estimate of drug-likeness (QED) is 0.161. The summed E-state index contributed by atoms with van der Waals surface area (Å²) in [5.74, 6) is 1.83. The van der Waals surface area contributed by atoms with Gasteiger partial charge in [-0.05, 0) is 88.0 Å². The Morgan fingerprint density at radius 3 is 1.47 bits per heavy atom. The summed E-state index contributed by atoms with van der Waals surface area (Å²) in [5, 5.41) is 4.33. The second-order valence-corrected chi connectivity index (χ2v) is 15.6. The van der Waals surface area contributed by atoms with Crippen LogP contribution in [-0.4, -0.2) is 19.5 Å². The van der Waals surface area contributed by atoms with Crippen molar-refractivity contribution in [2.24, 2.45) is 0 Å². The zero-order chi connectivity index (χ0) is 41.0. The number of para-hydroxylation sites is 1. The molecule has 5 heteroatoms. The molecule has 0 bridgehead atoms. The highest BCUT2D eigenvalue weighted by molar-refractivity contribution is 6.17. The van der Waals surface area contributed by atoms with Crippen LogP contribution in [0.25, 0.3) is 117 Å². The van der Waals surface area contributed by atoms with E-state index in [4.69, 9.17) is 19.4 Å². The molecule has 0 amide bonds. The number of benzene rings is 9. The van der Waals surface area contributed by atoms with Crippen molar-refractivity contribution >= 4 is 43.7 Å². The number of hydrogen-bond donors (Lipinski definition) is 0. The predicted octanol–water partition coefficient (Wildman–Crippen LogP) is 14.9. The van der Waals surface area contributed by atoms with Gasteiger partial charge in [0, 0.05) is 43.9 Å². The molecule has 3 aromatic heterocycles. The van der Waals surface area contributed by atoms with Crippen molar-refractivity contribution < 1.29 is 4.42 Å². The fraction of sp³-hybridized carbons (Fsp3) is 0. The Balaban J connectivity index is 0.993. The number of nitrogens with zero attached hydrogens (tertiary/aromatic N) is 4. The molecule has 3 heterocycles. The molecular weight excluding hydrogens is 757 g/mol. The minimum absolute atomic E-state index is 0.596. The summed E-state index contributed by atoms with van der Waals surface area (Å²) in [6, 6.07) is 76.4. The fourth-order valence-corrected chi connectivity index (χ4v) is 8.78. The maximum atomic E-state index is 6.61. The maximum absolute atomic E-state index is 6.61. The van der Waals surface area contributed by atoms with Crippen LogP contribution in [0.3, 0.4) is 0 Å². The second kappa shape index (κ2) is 14.7. The van der Waals surface area contributed by atoms with Gasteiger partial charge >= 0.3 is 0 Å². The normalized spacial score (nSPS) is 11.5. The Labute approximate surface area is 357 Å². The van der Waals surface area contributed by atoms with Gasteiger partial charge in [0.2, 0.25) is 0 Å². The number of hydrogen-bond acceptors (Lipinski definition) is 4. The van der Waals surface area contributed by atoms with Gasteiger partial charge in [0.1, 0.15) is 11.2 Å². The predicted molar refractivity (Wildman–Crippen MR) is 254 cm³/mol. The van der Waals surface area contributed by atoms with Crippen LogP contribution in [-0.2, 0) is 0 Å². The topological polar surface area (TPSA) is 56.7 Å². The van der Waals surface area contributed by atoms with Gasteiger partial charge in [0.05, 0.1) is 11.0 Å². The highest BCUT2D eigenvalue weighted by Gasteiger charge is 2.19. The van der Waals surface area contributed by atoms with Crippen molar-refractivity contribution in [2.45, 2.75) is 0 Å². The highest BCUT2D eigenvalue weighted by Crippen LogP contribution is 2.40. The fourth-order valence-electron chi connectivity index (χ4n) is 8.78. The molecule has 0 radical (unpaired) electrons. The lowest BCUT2D eigenvalue weighted by Crippen LogP contribution is -2.00. The summed E-state index contributed by atoms with van der Waals surface area (Å²) in [5.41, 5.74) is 14.7. The van der Waals surface area contributed by atoms with E-state index in [0.717, 1.165) is 77.4 Å². The van der Waals surface area contributed by atoms with E-state index in [-0.39, 0.29) is 0 Å². The second-order valence-electron chi connectivity index (χ2n) is 15.6. The maximum Gasteiger partial charge on any atom is 0.164 e. The molecule has 290 valence electrons. The molecular formula is C57H36N4O. The lowest BCUT2D eigenvalue weighted by atomic mass is 10.00. The molecule has 0 saturated carbocycles. The number of rotatable bonds is 7. The molecule has 5 nitrogen and oxygen atoms in total. The van der Waals surface area contributed by atoms with E-state index in [0.29, 0.717) is 17.5 Å². The minimum atomic E-state index is 0.596. The average Bonchev–Trinajstić information content (AvgIpc) is 3.88. The SMILES string of the molecule is c1ccc(-c2ccc(-c3cccc(-n4c5ccccc5c5cc6oc7ccc(-c8nc(-c9ccccc9)nc(-c9cccc(-c%10ccccc%10)c9)n8)cc7c6cc54)c3)cc2)cc1. The smallest absolute Gasteiger partial charge is 0.164 e. The first kappa shape index (κ1) is 35.5. The van der Waals surface area contributed by atoms with Gasteiger partial charge in [0.15, 0.2) is 17.5 Å². The van der Waals surface area contributed by atoms with Gasteiger partial charge in [0.25, 0.3) is 0 Å². The first-order chi connectivity index (χ1) is 30.7. The highest BCUT2D eigenvalue weighted by atomic mass is 16.3. The summed E-state index contributed by atoms with van der Waals surface area (Å²) in [4.78, 5) is 15.2. The molecule has 0 aliphatic carbocycles. The minimum Gasteiger partial charge on any atom is -0.456 e. The number of fused-ring (bicyclic) bond motifs is 6. The molecule has 0 saturated heterocycles. The Morgan fingerprint density at radius 1 is 0.274 bits per heavy atom. The Kier molecular flexibility index (Phi) is 8.42. The van der Waals surface area contributed by atoms with Crippen LogP contribution in [0.4, 0.5) is 0 Å². The Hall–Kier alpha value is -8.41. The van der Waals surface area contributed by atoms with Gasteiger partial charge in [-0.15, -0.1) is 0 Å². The van der Waals surface area contributed by atoms with Gasteiger partial charge in [-0.3, -0.25) is 0 Å². The first-order valence-corrected chi connectivity index (χ1v) is 20.8. The van der Waals surface area contributed by atoms with Crippen LogP contribution >= 0.6 is 0 Å². The first-order valence-electron chi connectivity index (χ1n) is 20.8. The summed E-state index contributed by atoms with van der Waals surface area (Å²) in [6.07, 6.45) is 0. The van der Waals surface area contributed by atoms with Crippen molar-refractivity contribution in [3.05, 3.63) is 218 Å². The average molecular weight is 793 g/mol. The molecule has 0 N–H and O–H groups in total. The Morgan fingerprint density at radius 2 is 0.758 bits per heavy atom. The number of aromatic nitrogens is 4. The van der Waals surface area contributed by atoms with Gasteiger partial charge in [-0.1, -0.05) is 164 Å². The third kappa shape index (κ3) is 6.23. The lowest BCUT2D eigenvalue weighted by Gasteiger charge is -2.11. The van der Waals surface area contributed by atoms with Crippen LogP contribution in [0.2, 0.25) is 0 Å². The van der Waals surface area contributed by atoms with Crippen molar-refractivity contribution in [2.75, 3.05) is 0 Å². The molecule has 12 aromatic rings. The summed E-state index contributed by atoms with van der Waals surface area (Å²) >= 11 is 0.